The zero-order chi connectivity index (χ0) is 18.0. The first-order chi connectivity index (χ1) is 12.0. The van der Waals surface area contributed by atoms with Gasteiger partial charge in [-0.05, 0) is 74.0 Å². The topological polar surface area (TPSA) is 26.3 Å². The summed E-state index contributed by atoms with van der Waals surface area (Å²) in [5, 5.41) is 0. The van der Waals surface area contributed by atoms with Crippen molar-refractivity contribution in [3.05, 3.63) is 0 Å². The third kappa shape index (κ3) is 3.65. The van der Waals surface area contributed by atoms with Gasteiger partial charge in [0.15, 0.2) is 0 Å². The molecule has 144 valence electrons. The van der Waals surface area contributed by atoms with Gasteiger partial charge < -0.3 is 4.74 Å². The Hall–Kier alpha value is -0.530. The lowest BCUT2D eigenvalue weighted by Crippen LogP contribution is -2.42. The van der Waals surface area contributed by atoms with E-state index in [1.807, 2.05) is 0 Å². The molecule has 0 heterocycles. The fraction of sp³-hybridized carbons (Fsp3) is 0.957. The minimum Gasteiger partial charge on any atom is -0.465 e. The third-order valence-electron chi connectivity index (χ3n) is 7.97. The molecule has 6 atom stereocenters. The molecule has 0 N–H and O–H groups in total. The zero-order valence-electron chi connectivity index (χ0n) is 17.1. The molecule has 0 radical (unpaired) electrons. The van der Waals surface area contributed by atoms with Crippen molar-refractivity contribution in [2.45, 2.75) is 91.9 Å². The fourth-order valence-corrected chi connectivity index (χ4v) is 6.65. The van der Waals surface area contributed by atoms with Crippen LogP contribution in [0.3, 0.4) is 0 Å². The molecule has 3 rings (SSSR count). The summed E-state index contributed by atoms with van der Waals surface area (Å²) in [6.07, 6.45) is 12.5. The van der Waals surface area contributed by atoms with Crippen LogP contribution in [0.25, 0.3) is 0 Å². The maximum atomic E-state index is 13.2. The smallest absolute Gasteiger partial charge is 0.312 e. The first kappa shape index (κ1) is 19.2. The summed E-state index contributed by atoms with van der Waals surface area (Å²) in [6.45, 7) is 9.86. The van der Waals surface area contributed by atoms with E-state index in [4.69, 9.17) is 4.74 Å². The largest absolute Gasteiger partial charge is 0.465 e. The van der Waals surface area contributed by atoms with E-state index < -0.39 is 0 Å². The molecule has 3 aliphatic carbocycles. The number of carbonyl (C=O) groups excluding carboxylic acids is 1. The van der Waals surface area contributed by atoms with Crippen molar-refractivity contribution in [3.63, 3.8) is 0 Å². The standard InChI is InChI=1S/C23H40O2/c1-5-18-11-13-23(20-10-9-19(15-20)21(18)23)22(24)25-14-12-17(4)8-6-7-16(2)3/h16-21H,5-15H2,1-4H3/t17?,18?,19-,20+,21+,23+/m1/s1. The van der Waals surface area contributed by atoms with Crippen molar-refractivity contribution in [3.8, 4) is 0 Å². The Morgan fingerprint density at radius 3 is 2.64 bits per heavy atom. The Kier molecular flexibility index (Phi) is 6.16. The second-order valence-corrected chi connectivity index (χ2v) is 9.90. The van der Waals surface area contributed by atoms with Crippen LogP contribution in [0.4, 0.5) is 0 Å². The number of carbonyl (C=O) groups is 1. The molecule has 0 amide bonds. The summed E-state index contributed by atoms with van der Waals surface area (Å²) in [6, 6.07) is 0. The Bertz CT molecular complexity index is 455. The van der Waals surface area contributed by atoms with E-state index in [1.54, 1.807) is 0 Å². The molecule has 25 heavy (non-hydrogen) atoms. The lowest BCUT2D eigenvalue weighted by atomic mass is 9.66. The van der Waals surface area contributed by atoms with Gasteiger partial charge in [0.25, 0.3) is 0 Å². The van der Waals surface area contributed by atoms with Crippen molar-refractivity contribution in [1.29, 1.82) is 0 Å². The van der Waals surface area contributed by atoms with Crippen LogP contribution < -0.4 is 0 Å². The molecule has 3 aliphatic rings. The monoisotopic (exact) mass is 348 g/mol. The van der Waals surface area contributed by atoms with Gasteiger partial charge in [-0.15, -0.1) is 0 Å². The average Bonchev–Trinajstić information content (AvgIpc) is 3.26. The van der Waals surface area contributed by atoms with Gasteiger partial charge >= 0.3 is 5.97 Å². The maximum Gasteiger partial charge on any atom is 0.312 e. The van der Waals surface area contributed by atoms with Crippen LogP contribution in [-0.2, 0) is 9.53 Å². The van der Waals surface area contributed by atoms with Crippen LogP contribution >= 0.6 is 0 Å². The maximum absolute atomic E-state index is 13.2. The number of hydrogen-bond donors (Lipinski definition) is 0. The molecular weight excluding hydrogens is 308 g/mol. The summed E-state index contributed by atoms with van der Waals surface area (Å²) >= 11 is 0. The van der Waals surface area contributed by atoms with Gasteiger partial charge in [-0.25, -0.2) is 0 Å². The Balaban J connectivity index is 1.49. The molecule has 2 bridgehead atoms. The highest BCUT2D eigenvalue weighted by atomic mass is 16.5. The highest BCUT2D eigenvalue weighted by Crippen LogP contribution is 2.68. The van der Waals surface area contributed by atoms with Gasteiger partial charge in [-0.1, -0.05) is 53.4 Å². The van der Waals surface area contributed by atoms with Gasteiger partial charge in [-0.2, -0.15) is 0 Å². The quantitative estimate of drug-likeness (QED) is 0.461. The van der Waals surface area contributed by atoms with Crippen LogP contribution in [0.15, 0.2) is 0 Å². The number of rotatable bonds is 9. The Labute approximate surface area is 155 Å². The number of hydrogen-bond acceptors (Lipinski definition) is 2. The lowest BCUT2D eigenvalue weighted by Gasteiger charge is -2.38. The molecule has 3 saturated carbocycles. The molecule has 0 aliphatic heterocycles. The van der Waals surface area contributed by atoms with Crippen molar-refractivity contribution < 1.29 is 9.53 Å². The Morgan fingerprint density at radius 1 is 1.12 bits per heavy atom. The van der Waals surface area contributed by atoms with Gasteiger partial charge in [0.2, 0.25) is 0 Å². The van der Waals surface area contributed by atoms with Crippen LogP contribution in [0, 0.1) is 40.9 Å². The normalized spacial score (nSPS) is 37.5. The van der Waals surface area contributed by atoms with Crippen LogP contribution in [0.1, 0.15) is 91.9 Å². The minimum absolute atomic E-state index is 0.0789. The van der Waals surface area contributed by atoms with Gasteiger partial charge in [0, 0.05) is 0 Å². The molecule has 0 aromatic rings. The number of ether oxygens (including phenoxy) is 1. The summed E-state index contributed by atoms with van der Waals surface area (Å²) < 4.78 is 5.94. The predicted octanol–water partition coefficient (Wildman–Crippen LogP) is 6.23. The Morgan fingerprint density at radius 2 is 1.92 bits per heavy atom. The summed E-state index contributed by atoms with van der Waals surface area (Å²) in [5.74, 6) is 4.54. The van der Waals surface area contributed by atoms with Crippen molar-refractivity contribution in [1.82, 2.24) is 0 Å². The molecule has 2 unspecified atom stereocenters. The van der Waals surface area contributed by atoms with Crippen molar-refractivity contribution in [2.24, 2.45) is 40.9 Å². The molecule has 0 saturated heterocycles. The molecule has 3 fully saturated rings. The fourth-order valence-electron chi connectivity index (χ4n) is 6.65. The van der Waals surface area contributed by atoms with E-state index in [1.165, 1.54) is 51.4 Å². The highest BCUT2D eigenvalue weighted by Gasteiger charge is 2.66. The molecule has 2 nitrogen and oxygen atoms in total. The molecule has 0 aromatic heterocycles. The van der Waals surface area contributed by atoms with Crippen LogP contribution in [0.2, 0.25) is 0 Å². The zero-order valence-corrected chi connectivity index (χ0v) is 17.1. The minimum atomic E-state index is -0.0789. The second kappa shape index (κ2) is 8.01. The molecular formula is C23H40O2. The van der Waals surface area contributed by atoms with Crippen LogP contribution in [0.5, 0.6) is 0 Å². The van der Waals surface area contributed by atoms with E-state index in [9.17, 15) is 4.79 Å². The van der Waals surface area contributed by atoms with E-state index in [-0.39, 0.29) is 11.4 Å². The summed E-state index contributed by atoms with van der Waals surface area (Å²) in [7, 11) is 0. The van der Waals surface area contributed by atoms with E-state index in [2.05, 4.69) is 27.7 Å². The van der Waals surface area contributed by atoms with Gasteiger partial charge in [0.1, 0.15) is 0 Å². The second-order valence-electron chi connectivity index (χ2n) is 9.90. The average molecular weight is 349 g/mol. The third-order valence-corrected chi connectivity index (χ3v) is 7.97. The number of fused-ring (bicyclic) bond motifs is 5. The van der Waals surface area contributed by atoms with Crippen LogP contribution in [-0.4, -0.2) is 12.6 Å². The highest BCUT2D eigenvalue weighted by molar-refractivity contribution is 5.79. The molecule has 0 aromatic carbocycles. The van der Waals surface area contributed by atoms with Gasteiger partial charge in [-0.3, -0.25) is 4.79 Å². The van der Waals surface area contributed by atoms with Gasteiger partial charge in [0.05, 0.1) is 12.0 Å². The first-order valence-corrected chi connectivity index (χ1v) is 11.2. The predicted molar refractivity (Wildman–Crippen MR) is 103 cm³/mol. The van der Waals surface area contributed by atoms with Crippen molar-refractivity contribution >= 4 is 5.97 Å². The van der Waals surface area contributed by atoms with Crippen molar-refractivity contribution in [2.75, 3.05) is 6.61 Å². The van der Waals surface area contributed by atoms with E-state index in [0.717, 1.165) is 30.6 Å². The van der Waals surface area contributed by atoms with E-state index in [0.29, 0.717) is 24.4 Å². The SMILES string of the molecule is CCC1CC[C@]2(C(=O)OCCC(C)CCCC(C)C)[C@H]3CC[C@H](C3)[C@H]12. The summed E-state index contributed by atoms with van der Waals surface area (Å²) in [5.41, 5.74) is -0.0789. The molecule has 2 heteroatoms. The first-order valence-electron chi connectivity index (χ1n) is 11.2. The van der Waals surface area contributed by atoms with E-state index >= 15 is 0 Å². The number of esters is 1. The lowest BCUT2D eigenvalue weighted by molar-refractivity contribution is -0.163. The molecule has 0 spiro atoms. The summed E-state index contributed by atoms with van der Waals surface area (Å²) in [4.78, 5) is 13.2.